The number of methoxy groups -OCH3 is 1. The monoisotopic (exact) mass is 813 g/mol. The Morgan fingerprint density at radius 1 is 0.965 bits per heavy atom. The number of carbonyl (C=O) groups excluding carboxylic acids is 4. The molecular formula is C41H67NO15. The number of carbonyl (C=O) groups is 4. The van der Waals surface area contributed by atoms with Crippen molar-refractivity contribution in [2.45, 2.75) is 179 Å². The van der Waals surface area contributed by atoms with Gasteiger partial charge in [-0.05, 0) is 60.0 Å². The molecule has 3 aliphatic rings. The van der Waals surface area contributed by atoms with E-state index in [1.165, 1.54) is 7.11 Å². The molecule has 0 saturated carbocycles. The second-order valence-corrected chi connectivity index (χ2v) is 16.0. The number of ether oxygens (including phenoxy) is 8. The third-order valence-electron chi connectivity index (χ3n) is 10.9. The smallest absolute Gasteiger partial charge is 0.309 e. The summed E-state index contributed by atoms with van der Waals surface area (Å²) >= 11 is 0. The maximum absolute atomic E-state index is 13.3. The normalized spacial score (nSPS) is 41.1. The molecule has 0 aromatic rings. The van der Waals surface area contributed by atoms with Crippen molar-refractivity contribution in [3.63, 3.8) is 0 Å². The first-order valence-corrected chi connectivity index (χ1v) is 20.1. The molecule has 3 aliphatic heterocycles. The fourth-order valence-electron chi connectivity index (χ4n) is 7.82. The molecule has 16 nitrogen and oxygen atoms in total. The molecule has 3 rings (SSSR count). The Morgan fingerprint density at radius 3 is 2.23 bits per heavy atom. The highest BCUT2D eigenvalue weighted by Crippen LogP contribution is 2.37. The summed E-state index contributed by atoms with van der Waals surface area (Å²) in [5.74, 6) is -2.82. The quantitative estimate of drug-likeness (QED) is 0.147. The van der Waals surface area contributed by atoms with Gasteiger partial charge in [-0.2, -0.15) is 0 Å². The number of aliphatic hydroxyl groups is 3. The zero-order valence-electron chi connectivity index (χ0n) is 35.2. The van der Waals surface area contributed by atoms with Gasteiger partial charge in [0.05, 0.1) is 36.9 Å². The number of nitrogens with zero attached hydrogens (tertiary/aromatic N) is 1. The molecule has 3 N–H and O–H groups in total. The summed E-state index contributed by atoms with van der Waals surface area (Å²) in [5, 5.41) is 34.5. The second-order valence-electron chi connectivity index (χ2n) is 16.0. The average Bonchev–Trinajstić information content (AvgIpc) is 3.13. The van der Waals surface area contributed by atoms with E-state index in [2.05, 4.69) is 0 Å². The van der Waals surface area contributed by atoms with E-state index in [-0.39, 0.29) is 32.1 Å². The van der Waals surface area contributed by atoms with Crippen LogP contribution in [0.2, 0.25) is 0 Å². The highest BCUT2D eigenvalue weighted by atomic mass is 16.7. The maximum Gasteiger partial charge on any atom is 0.309 e. The Bertz CT molecular complexity index is 1350. The van der Waals surface area contributed by atoms with E-state index in [0.29, 0.717) is 12.7 Å². The third kappa shape index (κ3) is 13.6. The summed E-state index contributed by atoms with van der Waals surface area (Å²) in [6.45, 7) is 11.8. The second kappa shape index (κ2) is 22.5. The van der Waals surface area contributed by atoms with Crippen molar-refractivity contribution in [3.8, 4) is 0 Å². The topological polar surface area (TPSA) is 206 Å². The molecule has 2 fully saturated rings. The van der Waals surface area contributed by atoms with Gasteiger partial charge >= 0.3 is 17.9 Å². The van der Waals surface area contributed by atoms with Gasteiger partial charge in [0, 0.05) is 39.2 Å². The number of hydrogen-bond donors (Lipinski definition) is 3. The van der Waals surface area contributed by atoms with Crippen LogP contribution in [-0.4, -0.2) is 151 Å². The Kier molecular flexibility index (Phi) is 19.2. The van der Waals surface area contributed by atoms with Gasteiger partial charge in [-0.3, -0.25) is 14.4 Å². The van der Waals surface area contributed by atoms with Crippen LogP contribution in [0.3, 0.4) is 0 Å². The van der Waals surface area contributed by atoms with Gasteiger partial charge in [0.2, 0.25) is 0 Å². The number of aliphatic hydroxyl groups excluding tert-OH is 2. The molecule has 326 valence electrons. The van der Waals surface area contributed by atoms with Crippen LogP contribution in [0.5, 0.6) is 0 Å². The molecule has 2 saturated heterocycles. The highest BCUT2D eigenvalue weighted by Gasteiger charge is 2.53. The van der Waals surface area contributed by atoms with E-state index >= 15 is 0 Å². The van der Waals surface area contributed by atoms with Gasteiger partial charge < -0.3 is 62.9 Å². The van der Waals surface area contributed by atoms with E-state index < -0.39 is 121 Å². The highest BCUT2D eigenvalue weighted by molar-refractivity contribution is 5.72. The van der Waals surface area contributed by atoms with E-state index in [1.54, 1.807) is 78.8 Å². The molecule has 57 heavy (non-hydrogen) atoms. The summed E-state index contributed by atoms with van der Waals surface area (Å²) in [6.07, 6.45) is -4.08. The fourth-order valence-corrected chi connectivity index (χ4v) is 7.82. The van der Waals surface area contributed by atoms with Gasteiger partial charge in [0.15, 0.2) is 18.7 Å². The molecule has 0 bridgehead atoms. The number of rotatable bonds is 12. The van der Waals surface area contributed by atoms with E-state index in [1.807, 2.05) is 13.0 Å². The number of esters is 3. The van der Waals surface area contributed by atoms with Gasteiger partial charge in [-0.15, -0.1) is 0 Å². The van der Waals surface area contributed by atoms with Crippen molar-refractivity contribution >= 4 is 24.2 Å². The predicted molar refractivity (Wildman–Crippen MR) is 205 cm³/mol. The molecule has 16 heteroatoms. The summed E-state index contributed by atoms with van der Waals surface area (Å²) in [4.78, 5) is 52.3. The van der Waals surface area contributed by atoms with Crippen LogP contribution in [0.4, 0.5) is 0 Å². The van der Waals surface area contributed by atoms with Crippen LogP contribution >= 0.6 is 0 Å². The van der Waals surface area contributed by atoms with Gasteiger partial charge in [-0.1, -0.05) is 45.1 Å². The van der Waals surface area contributed by atoms with Gasteiger partial charge in [-0.25, -0.2) is 0 Å². The van der Waals surface area contributed by atoms with Crippen LogP contribution in [0.1, 0.15) is 93.4 Å². The Morgan fingerprint density at radius 2 is 1.63 bits per heavy atom. The number of likely N-dealkylation sites (N-methyl/N-ethyl adjacent to an activating group) is 1. The van der Waals surface area contributed by atoms with Gasteiger partial charge in [0.25, 0.3) is 0 Å². The Labute approximate surface area is 337 Å². The first-order valence-electron chi connectivity index (χ1n) is 20.1. The van der Waals surface area contributed by atoms with Crippen LogP contribution in [0, 0.1) is 11.8 Å². The number of cyclic esters (lactones) is 1. The lowest BCUT2D eigenvalue weighted by Gasteiger charge is -2.50. The number of hydrogen-bond acceptors (Lipinski definition) is 16. The van der Waals surface area contributed by atoms with E-state index in [9.17, 15) is 34.5 Å². The largest absolute Gasteiger partial charge is 0.462 e. The summed E-state index contributed by atoms with van der Waals surface area (Å²) in [6, 6.07) is -0.779. The lowest BCUT2D eigenvalue weighted by molar-refractivity contribution is -0.344. The SMILES string of the molecule is CCC(=O)OC1CC(=O)OC(C)C/C=C\C=C/C(O)C(C)CC(CC=O)C(O[C@@H]2O[C@H](C)[C@@H](O[C@H]3C[C@@](C)(O)[C@@H](OC(=O)CC)[C@H](C)O3)[C@H](N(C)C)[C@H]2O)C1OC. The van der Waals surface area contributed by atoms with Crippen LogP contribution < -0.4 is 0 Å². The van der Waals surface area contributed by atoms with Crippen molar-refractivity contribution in [2.75, 3.05) is 21.2 Å². The fraction of sp³-hybridized carbons (Fsp3) is 0.805. The lowest BCUT2D eigenvalue weighted by Crippen LogP contribution is -2.66. The van der Waals surface area contributed by atoms with Crippen LogP contribution in [0.15, 0.2) is 24.3 Å². The van der Waals surface area contributed by atoms with Gasteiger partial charge in [0.1, 0.15) is 42.4 Å². The minimum Gasteiger partial charge on any atom is -0.462 e. The molecule has 0 aromatic carbocycles. The zero-order valence-corrected chi connectivity index (χ0v) is 35.2. The zero-order chi connectivity index (χ0) is 42.6. The molecule has 3 heterocycles. The maximum atomic E-state index is 13.3. The number of allylic oxidation sites excluding steroid dienone is 2. The molecule has 0 aromatic heterocycles. The minimum atomic E-state index is -1.49. The Hall–Kier alpha value is -2.80. The first kappa shape index (κ1) is 48.6. The summed E-state index contributed by atoms with van der Waals surface area (Å²) in [5.41, 5.74) is -1.49. The standard InChI is InChI=1S/C41H67NO15/c1-11-30(45)54-29-21-32(47)51-24(4)16-14-13-15-17-28(44)23(3)20-27(18-19-43)37(38(29)50-10)57-40-35(48)34(42(8)9)36(25(5)53-40)56-33-22-41(7,49)39(26(6)52-33)55-31(46)12-2/h13-15,17,19,23-29,33-40,44,48-49H,11-12,16,18,20-22H2,1-10H3/b14-13-,17-15-/t23?,24?,25-,26+,27?,28?,29?,33+,34-,35-,36-,37?,38?,39+,40+,41-/m1/s1. The molecule has 7 unspecified atom stereocenters. The van der Waals surface area contributed by atoms with Crippen LogP contribution in [0.25, 0.3) is 0 Å². The van der Waals surface area contributed by atoms with Crippen LogP contribution in [-0.2, 0) is 57.1 Å². The number of aldehydes is 1. The van der Waals surface area contributed by atoms with Crippen molar-refractivity contribution < 1.29 is 72.4 Å². The molecule has 0 amide bonds. The van der Waals surface area contributed by atoms with Crippen molar-refractivity contribution in [1.29, 1.82) is 0 Å². The predicted octanol–water partition coefficient (Wildman–Crippen LogP) is 2.77. The molecule has 16 atom stereocenters. The lowest BCUT2D eigenvalue weighted by atomic mass is 9.82. The average molecular weight is 814 g/mol. The van der Waals surface area contributed by atoms with Crippen molar-refractivity contribution in [3.05, 3.63) is 24.3 Å². The molecule has 0 radical (unpaired) electrons. The van der Waals surface area contributed by atoms with Crippen molar-refractivity contribution in [1.82, 2.24) is 4.90 Å². The molecule has 0 aliphatic carbocycles. The minimum absolute atomic E-state index is 0.000633. The molecular weight excluding hydrogens is 746 g/mol. The molecule has 0 spiro atoms. The first-order chi connectivity index (χ1) is 26.9. The van der Waals surface area contributed by atoms with Crippen molar-refractivity contribution in [2.24, 2.45) is 11.8 Å². The Balaban J connectivity index is 2.01. The summed E-state index contributed by atoms with van der Waals surface area (Å²) in [7, 11) is 4.86. The van der Waals surface area contributed by atoms with E-state index in [4.69, 9.17) is 37.9 Å². The van der Waals surface area contributed by atoms with E-state index in [0.717, 1.165) is 0 Å². The summed E-state index contributed by atoms with van der Waals surface area (Å²) < 4.78 is 48.5. The third-order valence-corrected chi connectivity index (χ3v) is 10.9.